The number of para-hydroxylation sites is 2. The van der Waals surface area contributed by atoms with Crippen LogP contribution in [0.1, 0.15) is 20.8 Å². The van der Waals surface area contributed by atoms with Gasteiger partial charge in [-0.15, -0.1) is 24.0 Å². The highest BCUT2D eigenvalue weighted by atomic mass is 127. The Morgan fingerprint density at radius 3 is 2.52 bits per heavy atom. The second kappa shape index (κ2) is 9.81. The molecule has 1 unspecified atom stereocenters. The molecule has 1 aromatic rings. The maximum absolute atomic E-state index is 12.2. The smallest absolute Gasteiger partial charge is 0.193 e. The first-order chi connectivity index (χ1) is 12.2. The maximum Gasteiger partial charge on any atom is 0.193 e. The Balaban J connectivity index is 0.00000364. The minimum Gasteiger partial charge on any atom is -0.493 e. The van der Waals surface area contributed by atoms with E-state index in [2.05, 4.69) is 10.3 Å². The molecule has 1 atom stereocenters. The molecule has 1 heterocycles. The van der Waals surface area contributed by atoms with Gasteiger partial charge in [0.25, 0.3) is 0 Å². The van der Waals surface area contributed by atoms with E-state index in [-0.39, 0.29) is 35.8 Å². The minimum atomic E-state index is -3.08. The lowest BCUT2D eigenvalue weighted by molar-refractivity contribution is 0.211. The van der Waals surface area contributed by atoms with E-state index in [0.717, 1.165) is 0 Å². The van der Waals surface area contributed by atoms with Crippen LogP contribution in [-0.4, -0.2) is 69.7 Å². The molecule has 1 aliphatic heterocycles. The van der Waals surface area contributed by atoms with Gasteiger partial charge in [0, 0.05) is 20.1 Å². The fourth-order valence-electron chi connectivity index (χ4n) is 2.87. The monoisotopic (exact) mass is 511 g/mol. The van der Waals surface area contributed by atoms with Crippen molar-refractivity contribution in [3.05, 3.63) is 24.3 Å². The van der Waals surface area contributed by atoms with Crippen molar-refractivity contribution in [3.63, 3.8) is 0 Å². The predicted molar refractivity (Wildman–Crippen MR) is 119 cm³/mol. The summed E-state index contributed by atoms with van der Waals surface area (Å²) in [5.41, 5.74) is 0. The Hall–Kier alpha value is -1.23. The third kappa shape index (κ3) is 5.87. The van der Waals surface area contributed by atoms with Crippen molar-refractivity contribution >= 4 is 39.8 Å². The molecular weight excluding hydrogens is 481 g/mol. The van der Waals surface area contributed by atoms with Crippen molar-refractivity contribution in [2.75, 3.05) is 39.5 Å². The van der Waals surface area contributed by atoms with E-state index in [9.17, 15) is 8.42 Å². The number of rotatable bonds is 5. The van der Waals surface area contributed by atoms with Crippen LogP contribution < -0.4 is 14.8 Å². The van der Waals surface area contributed by atoms with Gasteiger partial charge in [-0.05, 0) is 32.9 Å². The molecule has 2 rings (SSSR count). The molecule has 1 N–H and O–H groups in total. The zero-order chi connectivity index (χ0) is 19.4. The zero-order valence-corrected chi connectivity index (χ0v) is 19.7. The average molecular weight is 511 g/mol. The Morgan fingerprint density at radius 1 is 1.33 bits per heavy atom. The molecule has 154 valence electrons. The Morgan fingerprint density at radius 2 is 1.96 bits per heavy atom. The lowest BCUT2D eigenvalue weighted by Gasteiger charge is -2.39. The number of ether oxygens (including phenoxy) is 2. The van der Waals surface area contributed by atoms with Crippen LogP contribution in [-0.2, 0) is 9.84 Å². The average Bonchev–Trinajstić information content (AvgIpc) is 2.59. The van der Waals surface area contributed by atoms with Crippen LogP contribution in [0.25, 0.3) is 0 Å². The van der Waals surface area contributed by atoms with Crippen molar-refractivity contribution < 1.29 is 17.9 Å². The number of methoxy groups -OCH3 is 1. The molecule has 1 aromatic carbocycles. The first-order valence-electron chi connectivity index (χ1n) is 8.68. The Labute approximate surface area is 179 Å². The highest BCUT2D eigenvalue weighted by Crippen LogP contribution is 2.27. The van der Waals surface area contributed by atoms with Gasteiger partial charge in [-0.2, -0.15) is 0 Å². The quantitative estimate of drug-likeness (QED) is 0.371. The van der Waals surface area contributed by atoms with Gasteiger partial charge in [-0.1, -0.05) is 12.1 Å². The summed E-state index contributed by atoms with van der Waals surface area (Å²) < 4.78 is 34.8. The molecule has 1 saturated heterocycles. The van der Waals surface area contributed by atoms with Gasteiger partial charge in [-0.3, -0.25) is 4.99 Å². The van der Waals surface area contributed by atoms with Gasteiger partial charge >= 0.3 is 0 Å². The second-order valence-electron chi connectivity index (χ2n) is 7.01. The maximum atomic E-state index is 12.2. The molecular formula is C18H30IN3O4S. The number of nitrogens with one attached hydrogen (secondary N) is 1. The standard InChI is InChI=1S/C18H29N3O4S.HI/c1-14(25-16-9-7-6-8-15(16)24-5)12-20-17(19-4)21-10-11-26(22,23)18(2,3)13-21;/h6-9,14H,10-13H2,1-5H3,(H,19,20);1H. The minimum absolute atomic E-state index is 0. The molecule has 0 aliphatic carbocycles. The number of guanidine groups is 1. The molecule has 27 heavy (non-hydrogen) atoms. The topological polar surface area (TPSA) is 80.2 Å². The second-order valence-corrected chi connectivity index (χ2v) is 9.75. The highest BCUT2D eigenvalue weighted by Gasteiger charge is 2.40. The summed E-state index contributed by atoms with van der Waals surface area (Å²) in [6.45, 7) is 6.86. The molecule has 0 bridgehead atoms. The number of benzene rings is 1. The lowest BCUT2D eigenvalue weighted by atomic mass is 10.2. The van der Waals surface area contributed by atoms with E-state index in [1.807, 2.05) is 36.1 Å². The van der Waals surface area contributed by atoms with Gasteiger partial charge in [0.2, 0.25) is 0 Å². The third-order valence-corrected chi connectivity index (χ3v) is 7.03. The Bertz CT molecular complexity index is 753. The van der Waals surface area contributed by atoms with E-state index >= 15 is 0 Å². The van der Waals surface area contributed by atoms with Gasteiger partial charge in [0.15, 0.2) is 27.3 Å². The third-order valence-electron chi connectivity index (χ3n) is 4.50. The van der Waals surface area contributed by atoms with Crippen molar-refractivity contribution in [1.82, 2.24) is 10.2 Å². The molecule has 0 amide bonds. The first kappa shape index (κ1) is 23.8. The molecule has 9 heteroatoms. The molecule has 7 nitrogen and oxygen atoms in total. The van der Waals surface area contributed by atoms with Crippen LogP contribution in [0.5, 0.6) is 11.5 Å². The largest absolute Gasteiger partial charge is 0.493 e. The number of hydrogen-bond donors (Lipinski definition) is 1. The van der Waals surface area contributed by atoms with E-state index in [1.165, 1.54) is 0 Å². The van der Waals surface area contributed by atoms with Crippen LogP contribution >= 0.6 is 24.0 Å². The summed E-state index contributed by atoms with van der Waals surface area (Å²) in [6.07, 6.45) is -0.121. The van der Waals surface area contributed by atoms with Crippen molar-refractivity contribution in [2.24, 2.45) is 4.99 Å². The Kier molecular flexibility index (Phi) is 8.65. The number of halogens is 1. The molecule has 0 spiro atoms. The van der Waals surface area contributed by atoms with Crippen molar-refractivity contribution in [3.8, 4) is 11.5 Å². The van der Waals surface area contributed by atoms with Crippen molar-refractivity contribution in [1.29, 1.82) is 0 Å². The van der Waals surface area contributed by atoms with E-state index in [4.69, 9.17) is 9.47 Å². The molecule has 1 aliphatic rings. The number of nitrogens with zero attached hydrogens (tertiary/aromatic N) is 2. The summed E-state index contributed by atoms with van der Waals surface area (Å²) >= 11 is 0. The summed E-state index contributed by atoms with van der Waals surface area (Å²) in [5, 5.41) is 3.28. The van der Waals surface area contributed by atoms with Gasteiger partial charge in [-0.25, -0.2) is 8.42 Å². The fraction of sp³-hybridized carbons (Fsp3) is 0.611. The SMILES string of the molecule is CN=C(NCC(C)Oc1ccccc1OC)N1CCS(=O)(=O)C(C)(C)C1.I. The van der Waals surface area contributed by atoms with E-state index in [1.54, 1.807) is 28.0 Å². The summed E-state index contributed by atoms with van der Waals surface area (Å²) in [5.74, 6) is 2.19. The van der Waals surface area contributed by atoms with Crippen LogP contribution in [0.2, 0.25) is 0 Å². The predicted octanol–water partition coefficient (Wildman–Crippen LogP) is 2.16. The fourth-order valence-corrected chi connectivity index (χ4v) is 4.23. The van der Waals surface area contributed by atoms with Crippen LogP contribution in [0, 0.1) is 0 Å². The first-order valence-corrected chi connectivity index (χ1v) is 10.3. The van der Waals surface area contributed by atoms with Gasteiger partial charge in [0.1, 0.15) is 6.10 Å². The highest BCUT2D eigenvalue weighted by molar-refractivity contribution is 14.0. The van der Waals surface area contributed by atoms with Crippen molar-refractivity contribution in [2.45, 2.75) is 31.6 Å². The zero-order valence-electron chi connectivity index (χ0n) is 16.6. The van der Waals surface area contributed by atoms with Crippen LogP contribution in [0.15, 0.2) is 29.3 Å². The van der Waals surface area contributed by atoms with E-state index in [0.29, 0.717) is 37.1 Å². The summed E-state index contributed by atoms with van der Waals surface area (Å²) in [7, 11) is 0.230. The van der Waals surface area contributed by atoms with Gasteiger partial charge in [0.05, 0.1) is 24.2 Å². The molecule has 0 aromatic heterocycles. The van der Waals surface area contributed by atoms with E-state index < -0.39 is 14.6 Å². The van der Waals surface area contributed by atoms with Crippen LogP contribution in [0.4, 0.5) is 0 Å². The molecule has 1 fully saturated rings. The lowest BCUT2D eigenvalue weighted by Crippen LogP contribution is -2.57. The normalized spacial score (nSPS) is 19.6. The number of aliphatic imine (C=N–C) groups is 1. The summed E-state index contributed by atoms with van der Waals surface area (Å²) in [4.78, 5) is 6.28. The summed E-state index contributed by atoms with van der Waals surface area (Å²) in [6, 6.07) is 7.50. The van der Waals surface area contributed by atoms with Gasteiger partial charge < -0.3 is 19.7 Å². The number of sulfone groups is 1. The molecule has 0 saturated carbocycles. The number of hydrogen-bond acceptors (Lipinski definition) is 5. The molecule has 0 radical (unpaired) electrons. The van der Waals surface area contributed by atoms with Crippen LogP contribution in [0.3, 0.4) is 0 Å².